The number of ether oxygens (including phenoxy) is 1. The summed E-state index contributed by atoms with van der Waals surface area (Å²) in [5.74, 6) is -1.77. The van der Waals surface area contributed by atoms with Gasteiger partial charge in [0.1, 0.15) is 5.82 Å². The van der Waals surface area contributed by atoms with Gasteiger partial charge >= 0.3 is 5.97 Å². The van der Waals surface area contributed by atoms with Crippen LogP contribution in [-0.4, -0.2) is 29.6 Å². The summed E-state index contributed by atoms with van der Waals surface area (Å²) >= 11 is 1.37. The summed E-state index contributed by atoms with van der Waals surface area (Å²) < 4.78 is 18.7. The van der Waals surface area contributed by atoms with Crippen LogP contribution in [0.5, 0.6) is 0 Å². The number of rotatable bonds is 4. The number of hydrogen-bond donors (Lipinski definition) is 2. The molecular weight excluding hydrogens is 359 g/mol. The highest BCUT2D eigenvalue weighted by Gasteiger charge is 2.22. The molecule has 2 aromatic carbocycles. The molecule has 1 heterocycles. The first-order valence-corrected chi connectivity index (χ1v) is 8.75. The molecule has 0 unspecified atom stereocenters. The predicted octanol–water partition coefficient (Wildman–Crippen LogP) is 3.05. The molecule has 26 heavy (non-hydrogen) atoms. The van der Waals surface area contributed by atoms with E-state index in [1.165, 1.54) is 43.0 Å². The van der Waals surface area contributed by atoms with Gasteiger partial charge in [-0.25, -0.2) is 9.18 Å². The van der Waals surface area contributed by atoms with Crippen molar-refractivity contribution in [3.63, 3.8) is 0 Å². The van der Waals surface area contributed by atoms with E-state index in [0.717, 1.165) is 4.90 Å². The Bertz CT molecular complexity index is 887. The fourth-order valence-corrected chi connectivity index (χ4v) is 3.08. The van der Waals surface area contributed by atoms with Crippen LogP contribution in [0.3, 0.4) is 0 Å². The molecule has 2 aromatic rings. The first-order valence-electron chi connectivity index (χ1n) is 7.77. The Hall–Kier alpha value is -2.87. The van der Waals surface area contributed by atoms with E-state index in [2.05, 4.69) is 10.6 Å². The predicted molar refractivity (Wildman–Crippen MR) is 95.7 cm³/mol. The number of esters is 1. The number of carbonyl (C=O) groups excluding carboxylic acids is 3. The van der Waals surface area contributed by atoms with Crippen molar-refractivity contribution in [2.75, 3.05) is 16.4 Å². The quantitative estimate of drug-likeness (QED) is 0.804. The third-order valence-electron chi connectivity index (χ3n) is 3.63. The molecule has 0 saturated carbocycles. The van der Waals surface area contributed by atoms with Gasteiger partial charge in [-0.15, -0.1) is 11.8 Å². The van der Waals surface area contributed by atoms with Crippen LogP contribution in [0, 0.1) is 5.82 Å². The van der Waals surface area contributed by atoms with Gasteiger partial charge in [0, 0.05) is 4.90 Å². The van der Waals surface area contributed by atoms with Gasteiger partial charge in [-0.1, -0.05) is 12.1 Å². The number of anilines is 2. The van der Waals surface area contributed by atoms with Crippen LogP contribution < -0.4 is 10.6 Å². The fraction of sp³-hybridized carbons (Fsp3) is 0.167. The minimum Gasteiger partial charge on any atom is -0.449 e. The minimum atomic E-state index is -1.12. The van der Waals surface area contributed by atoms with Crippen LogP contribution in [0.4, 0.5) is 15.8 Å². The monoisotopic (exact) mass is 374 g/mol. The maximum absolute atomic E-state index is 13.6. The molecule has 0 fully saturated rings. The van der Waals surface area contributed by atoms with Crippen molar-refractivity contribution in [3.8, 4) is 0 Å². The van der Waals surface area contributed by atoms with Crippen LogP contribution in [0.15, 0.2) is 47.4 Å². The van der Waals surface area contributed by atoms with E-state index >= 15 is 0 Å². The van der Waals surface area contributed by atoms with Crippen LogP contribution in [0.25, 0.3) is 0 Å². The molecule has 1 aliphatic heterocycles. The Kier molecular flexibility index (Phi) is 5.22. The summed E-state index contributed by atoms with van der Waals surface area (Å²) in [6.45, 7) is 1.39. The highest BCUT2D eigenvalue weighted by Crippen LogP contribution is 2.32. The smallest absolute Gasteiger partial charge is 0.338 e. The van der Waals surface area contributed by atoms with Crippen LogP contribution in [0.2, 0.25) is 0 Å². The van der Waals surface area contributed by atoms with Gasteiger partial charge in [0.05, 0.1) is 22.7 Å². The van der Waals surface area contributed by atoms with E-state index in [1.54, 1.807) is 18.2 Å². The summed E-state index contributed by atoms with van der Waals surface area (Å²) in [6.07, 6.45) is -1.12. The highest BCUT2D eigenvalue weighted by atomic mass is 32.2. The molecule has 0 aromatic heterocycles. The molecule has 0 aliphatic carbocycles. The van der Waals surface area contributed by atoms with E-state index < -0.39 is 23.8 Å². The SMILES string of the molecule is C[C@H](OC(=O)c1ccc2c(c1)NC(=O)CS2)C(=O)Nc1ccccc1F. The molecule has 8 heteroatoms. The molecule has 0 spiro atoms. The summed E-state index contributed by atoms with van der Waals surface area (Å²) in [5, 5.41) is 5.05. The van der Waals surface area contributed by atoms with Gasteiger partial charge in [0.25, 0.3) is 5.91 Å². The zero-order chi connectivity index (χ0) is 18.7. The second-order valence-electron chi connectivity index (χ2n) is 5.56. The van der Waals surface area contributed by atoms with Gasteiger partial charge in [-0.3, -0.25) is 9.59 Å². The highest BCUT2D eigenvalue weighted by molar-refractivity contribution is 8.00. The van der Waals surface area contributed by atoms with Gasteiger partial charge in [0.2, 0.25) is 5.91 Å². The Morgan fingerprint density at radius 3 is 2.81 bits per heavy atom. The van der Waals surface area contributed by atoms with E-state index in [0.29, 0.717) is 11.4 Å². The van der Waals surface area contributed by atoms with E-state index in [1.807, 2.05) is 0 Å². The number of carbonyl (C=O) groups is 3. The molecule has 3 rings (SSSR count). The first kappa shape index (κ1) is 17.9. The van der Waals surface area contributed by atoms with Crippen molar-refractivity contribution in [1.82, 2.24) is 0 Å². The van der Waals surface area contributed by atoms with Gasteiger partial charge in [0.15, 0.2) is 6.10 Å². The molecule has 2 N–H and O–H groups in total. The largest absolute Gasteiger partial charge is 0.449 e. The molecule has 134 valence electrons. The lowest BCUT2D eigenvalue weighted by atomic mass is 10.2. The molecule has 0 radical (unpaired) electrons. The molecule has 1 aliphatic rings. The maximum atomic E-state index is 13.6. The Morgan fingerprint density at radius 1 is 1.27 bits per heavy atom. The van der Waals surface area contributed by atoms with E-state index in [4.69, 9.17) is 4.74 Å². The third kappa shape index (κ3) is 4.02. The lowest BCUT2D eigenvalue weighted by Crippen LogP contribution is -2.30. The number of para-hydroxylation sites is 1. The van der Waals surface area contributed by atoms with Crippen molar-refractivity contribution < 1.29 is 23.5 Å². The second-order valence-corrected chi connectivity index (χ2v) is 6.58. The van der Waals surface area contributed by atoms with Crippen molar-refractivity contribution in [2.24, 2.45) is 0 Å². The third-order valence-corrected chi connectivity index (χ3v) is 4.71. The fourth-order valence-electron chi connectivity index (χ4n) is 2.29. The second kappa shape index (κ2) is 7.57. The number of amides is 2. The Labute approximate surface area is 153 Å². The molecule has 6 nitrogen and oxygen atoms in total. The molecular formula is C18H15FN2O4S. The normalized spacial score (nSPS) is 14.0. The Balaban J connectivity index is 1.65. The summed E-state index contributed by atoms with van der Waals surface area (Å²) in [4.78, 5) is 36.6. The zero-order valence-corrected chi connectivity index (χ0v) is 14.6. The number of halogens is 1. The number of nitrogens with one attached hydrogen (secondary N) is 2. The van der Waals surface area contributed by atoms with Crippen LogP contribution in [-0.2, 0) is 14.3 Å². The molecule has 2 amide bonds. The maximum Gasteiger partial charge on any atom is 0.338 e. The molecule has 0 saturated heterocycles. The average molecular weight is 374 g/mol. The van der Waals surface area contributed by atoms with Crippen molar-refractivity contribution in [1.29, 1.82) is 0 Å². The van der Waals surface area contributed by atoms with Crippen molar-refractivity contribution in [3.05, 3.63) is 53.8 Å². The van der Waals surface area contributed by atoms with Gasteiger partial charge in [-0.2, -0.15) is 0 Å². The summed E-state index contributed by atoms with van der Waals surface area (Å²) in [7, 11) is 0. The van der Waals surface area contributed by atoms with Crippen molar-refractivity contribution >= 4 is 40.9 Å². The summed E-state index contributed by atoms with van der Waals surface area (Å²) in [5.41, 5.74) is 0.746. The number of benzene rings is 2. The van der Waals surface area contributed by atoms with E-state index in [-0.39, 0.29) is 17.2 Å². The number of fused-ring (bicyclic) bond motifs is 1. The lowest BCUT2D eigenvalue weighted by molar-refractivity contribution is -0.123. The van der Waals surface area contributed by atoms with Crippen LogP contribution in [0.1, 0.15) is 17.3 Å². The number of thioether (sulfide) groups is 1. The lowest BCUT2D eigenvalue weighted by Gasteiger charge is -2.18. The topological polar surface area (TPSA) is 84.5 Å². The standard InChI is InChI=1S/C18H15FN2O4S/c1-10(17(23)21-13-5-3-2-4-12(13)19)25-18(24)11-6-7-15-14(8-11)20-16(22)9-26-15/h2-8,10H,9H2,1H3,(H,20,22)(H,21,23)/t10-/m0/s1. The van der Waals surface area contributed by atoms with Gasteiger partial charge < -0.3 is 15.4 Å². The molecule has 1 atom stereocenters. The summed E-state index contributed by atoms with van der Waals surface area (Å²) in [6, 6.07) is 10.5. The average Bonchev–Trinajstić information content (AvgIpc) is 2.62. The Morgan fingerprint density at radius 2 is 2.04 bits per heavy atom. The number of hydrogen-bond acceptors (Lipinski definition) is 5. The zero-order valence-electron chi connectivity index (χ0n) is 13.7. The minimum absolute atomic E-state index is 0.00826. The molecule has 0 bridgehead atoms. The van der Waals surface area contributed by atoms with Crippen molar-refractivity contribution in [2.45, 2.75) is 17.9 Å². The van der Waals surface area contributed by atoms with E-state index in [9.17, 15) is 18.8 Å². The van der Waals surface area contributed by atoms with Gasteiger partial charge in [-0.05, 0) is 37.3 Å². The van der Waals surface area contributed by atoms with Crippen LogP contribution >= 0.6 is 11.8 Å². The first-order chi connectivity index (χ1) is 12.4.